The fourth-order valence-electron chi connectivity index (χ4n) is 6.25. The lowest BCUT2D eigenvalue weighted by molar-refractivity contribution is -0.119. The van der Waals surface area contributed by atoms with Crippen molar-refractivity contribution in [2.45, 2.75) is 97.6 Å². The number of hydrogen-bond donors (Lipinski definition) is 0. The summed E-state index contributed by atoms with van der Waals surface area (Å²) in [4.78, 5) is 34.4. The van der Waals surface area contributed by atoms with Gasteiger partial charge in [-0.15, -0.1) is 0 Å². The van der Waals surface area contributed by atoms with Gasteiger partial charge in [0.25, 0.3) is 0 Å². The van der Waals surface area contributed by atoms with Crippen molar-refractivity contribution in [3.05, 3.63) is 83.9 Å². The molecule has 1 aliphatic rings. The first-order chi connectivity index (χ1) is 21.2. The summed E-state index contributed by atoms with van der Waals surface area (Å²) in [6, 6.07) is 24.1. The Hall–Kier alpha value is -3.93. The molecule has 1 aliphatic carbocycles. The second-order valence-electron chi connectivity index (χ2n) is 13.2. The van der Waals surface area contributed by atoms with Crippen LogP contribution >= 0.6 is 0 Å². The molecule has 3 aromatic carbocycles. The SMILES string of the molecule is CCCCCC(=O)N(CC1CCCCC1)c1nc2ccccc2n1Cc1ccc(-c2ccccc2)c(C(=O)OC(C)(C)C)c1. The second-order valence-corrected chi connectivity index (χ2v) is 13.2. The molecule has 0 radical (unpaired) electrons. The maximum absolute atomic E-state index is 13.9. The van der Waals surface area contributed by atoms with Crippen LogP contribution in [0.5, 0.6) is 0 Å². The highest BCUT2D eigenvalue weighted by Gasteiger charge is 2.27. The van der Waals surface area contributed by atoms with E-state index >= 15 is 0 Å². The van der Waals surface area contributed by atoms with E-state index in [4.69, 9.17) is 9.72 Å². The number of imidazole rings is 1. The number of anilines is 1. The van der Waals surface area contributed by atoms with Crippen LogP contribution in [0.3, 0.4) is 0 Å². The van der Waals surface area contributed by atoms with Crippen LogP contribution in [0, 0.1) is 5.92 Å². The van der Waals surface area contributed by atoms with Gasteiger partial charge in [0.1, 0.15) is 5.60 Å². The standard InChI is InChI=1S/C38H47N3O3/c1-5-6-9-22-35(42)41(26-28-16-10-7-11-17-28)37-39-33-20-14-15-21-34(33)40(37)27-29-23-24-31(30-18-12-8-13-19-30)32(25-29)36(43)44-38(2,3)4/h8,12-15,18-21,23-25,28H,5-7,9-11,16-17,22,26-27H2,1-4H3. The van der Waals surface area contributed by atoms with Gasteiger partial charge in [0.05, 0.1) is 23.1 Å². The number of carbonyl (C=O) groups excluding carboxylic acids is 2. The Morgan fingerprint density at radius 2 is 1.66 bits per heavy atom. The van der Waals surface area contributed by atoms with E-state index in [2.05, 4.69) is 23.6 Å². The van der Waals surface area contributed by atoms with Crippen molar-refractivity contribution < 1.29 is 14.3 Å². The number of amides is 1. The number of rotatable bonds is 11. The van der Waals surface area contributed by atoms with Crippen molar-refractivity contribution in [1.29, 1.82) is 0 Å². The molecule has 1 saturated carbocycles. The number of ether oxygens (including phenoxy) is 1. The van der Waals surface area contributed by atoms with Gasteiger partial charge in [-0.25, -0.2) is 9.78 Å². The summed E-state index contributed by atoms with van der Waals surface area (Å²) in [5.74, 6) is 0.980. The van der Waals surface area contributed by atoms with Gasteiger partial charge in [-0.3, -0.25) is 9.69 Å². The molecule has 1 amide bonds. The number of esters is 1. The highest BCUT2D eigenvalue weighted by molar-refractivity contribution is 5.98. The lowest BCUT2D eigenvalue weighted by atomic mass is 9.89. The van der Waals surface area contributed by atoms with Crippen molar-refractivity contribution in [2.24, 2.45) is 5.92 Å². The molecular formula is C38H47N3O3. The number of hydrogen-bond acceptors (Lipinski definition) is 4. The number of fused-ring (bicyclic) bond motifs is 1. The Labute approximate surface area is 262 Å². The van der Waals surface area contributed by atoms with Crippen LogP contribution < -0.4 is 4.90 Å². The molecule has 0 saturated heterocycles. The maximum atomic E-state index is 13.9. The average Bonchev–Trinajstić information content (AvgIpc) is 3.37. The van der Waals surface area contributed by atoms with Crippen molar-refractivity contribution in [3.63, 3.8) is 0 Å². The van der Waals surface area contributed by atoms with E-state index in [0.717, 1.165) is 59.8 Å². The predicted octanol–water partition coefficient (Wildman–Crippen LogP) is 9.20. The van der Waals surface area contributed by atoms with Crippen LogP contribution in [0.4, 0.5) is 5.95 Å². The lowest BCUT2D eigenvalue weighted by Gasteiger charge is -2.30. The summed E-state index contributed by atoms with van der Waals surface area (Å²) in [6.07, 6.45) is 9.56. The highest BCUT2D eigenvalue weighted by atomic mass is 16.6. The largest absolute Gasteiger partial charge is 0.456 e. The monoisotopic (exact) mass is 593 g/mol. The first kappa shape index (κ1) is 31.5. The van der Waals surface area contributed by atoms with E-state index < -0.39 is 5.60 Å². The average molecular weight is 594 g/mol. The van der Waals surface area contributed by atoms with Gasteiger partial charge in [-0.05, 0) is 80.8 Å². The minimum absolute atomic E-state index is 0.148. The van der Waals surface area contributed by atoms with Crippen molar-refractivity contribution in [3.8, 4) is 11.1 Å². The quantitative estimate of drug-likeness (QED) is 0.128. The number of benzene rings is 3. The Bertz CT molecular complexity index is 1560. The second kappa shape index (κ2) is 14.2. The van der Waals surface area contributed by atoms with E-state index in [9.17, 15) is 9.59 Å². The lowest BCUT2D eigenvalue weighted by Crippen LogP contribution is -2.38. The van der Waals surface area contributed by atoms with Gasteiger partial charge < -0.3 is 9.30 Å². The van der Waals surface area contributed by atoms with Crippen LogP contribution in [0.25, 0.3) is 22.2 Å². The topological polar surface area (TPSA) is 64.4 Å². The maximum Gasteiger partial charge on any atom is 0.339 e. The molecule has 1 aromatic heterocycles. The van der Waals surface area contributed by atoms with Crippen LogP contribution in [0.1, 0.15) is 101 Å². The summed E-state index contributed by atoms with van der Waals surface area (Å²) < 4.78 is 8.02. The summed E-state index contributed by atoms with van der Waals surface area (Å²) in [5, 5.41) is 0. The Morgan fingerprint density at radius 1 is 0.932 bits per heavy atom. The molecule has 0 N–H and O–H groups in total. The molecule has 6 heteroatoms. The zero-order valence-corrected chi connectivity index (χ0v) is 26.9. The van der Waals surface area contributed by atoms with Gasteiger partial charge in [0, 0.05) is 13.0 Å². The zero-order chi connectivity index (χ0) is 31.1. The Kier molecular flexibility index (Phi) is 10.2. The van der Waals surface area contributed by atoms with Crippen LogP contribution in [-0.2, 0) is 16.1 Å². The summed E-state index contributed by atoms with van der Waals surface area (Å²) >= 11 is 0. The van der Waals surface area contributed by atoms with Gasteiger partial charge in [0.15, 0.2) is 0 Å². The molecule has 0 spiro atoms. The molecule has 4 aromatic rings. The van der Waals surface area contributed by atoms with E-state index in [1.54, 1.807) is 0 Å². The van der Waals surface area contributed by atoms with Crippen molar-refractivity contribution in [1.82, 2.24) is 9.55 Å². The van der Waals surface area contributed by atoms with Gasteiger partial charge in [-0.2, -0.15) is 0 Å². The number of nitrogens with zero attached hydrogens (tertiary/aromatic N) is 3. The Balaban J connectivity index is 1.56. The Morgan fingerprint density at radius 3 is 2.39 bits per heavy atom. The predicted molar refractivity (Wildman–Crippen MR) is 179 cm³/mol. The molecular weight excluding hydrogens is 546 g/mol. The third-order valence-corrected chi connectivity index (χ3v) is 8.46. The van der Waals surface area contributed by atoms with Crippen LogP contribution in [-0.4, -0.2) is 33.6 Å². The number of carbonyl (C=O) groups is 2. The summed E-state index contributed by atoms with van der Waals surface area (Å²) in [5.41, 5.74) is 4.51. The molecule has 6 nitrogen and oxygen atoms in total. The molecule has 0 unspecified atom stereocenters. The van der Waals surface area contributed by atoms with Gasteiger partial charge in [0.2, 0.25) is 11.9 Å². The van der Waals surface area contributed by atoms with Crippen LogP contribution in [0.15, 0.2) is 72.8 Å². The summed E-state index contributed by atoms with van der Waals surface area (Å²) in [6.45, 7) is 9.00. The fourth-order valence-corrected chi connectivity index (χ4v) is 6.25. The summed E-state index contributed by atoms with van der Waals surface area (Å²) in [7, 11) is 0. The van der Waals surface area contributed by atoms with E-state index in [1.165, 1.54) is 19.3 Å². The third kappa shape index (κ3) is 7.77. The van der Waals surface area contributed by atoms with Crippen molar-refractivity contribution in [2.75, 3.05) is 11.4 Å². The number of para-hydroxylation sites is 2. The molecule has 1 heterocycles. The van der Waals surface area contributed by atoms with Gasteiger partial charge in [-0.1, -0.05) is 93.6 Å². The van der Waals surface area contributed by atoms with E-state index in [-0.39, 0.29) is 11.9 Å². The molecule has 0 atom stereocenters. The van der Waals surface area contributed by atoms with E-state index in [0.29, 0.717) is 36.9 Å². The minimum Gasteiger partial charge on any atom is -0.456 e. The first-order valence-corrected chi connectivity index (χ1v) is 16.4. The third-order valence-electron chi connectivity index (χ3n) is 8.46. The number of aromatic nitrogens is 2. The fraction of sp³-hybridized carbons (Fsp3) is 0.447. The molecule has 1 fully saturated rings. The first-order valence-electron chi connectivity index (χ1n) is 16.4. The zero-order valence-electron chi connectivity index (χ0n) is 26.9. The van der Waals surface area contributed by atoms with Crippen LogP contribution in [0.2, 0.25) is 0 Å². The molecule has 0 aliphatic heterocycles. The van der Waals surface area contributed by atoms with Gasteiger partial charge >= 0.3 is 5.97 Å². The molecule has 0 bridgehead atoms. The molecule has 5 rings (SSSR count). The number of unbranched alkanes of at least 4 members (excludes halogenated alkanes) is 2. The van der Waals surface area contributed by atoms with Crippen molar-refractivity contribution >= 4 is 28.9 Å². The smallest absolute Gasteiger partial charge is 0.339 e. The molecule has 44 heavy (non-hydrogen) atoms. The minimum atomic E-state index is -0.619. The normalized spacial score (nSPS) is 14.1. The molecule has 232 valence electrons. The van der Waals surface area contributed by atoms with E-state index in [1.807, 2.05) is 86.3 Å². The highest BCUT2D eigenvalue weighted by Crippen LogP contribution is 2.32.